The zero-order valence-corrected chi connectivity index (χ0v) is 17.2. The van der Waals surface area contributed by atoms with Crippen molar-refractivity contribution in [2.45, 2.75) is 58.2 Å². The van der Waals surface area contributed by atoms with Gasteiger partial charge in [-0.3, -0.25) is 4.79 Å². The van der Waals surface area contributed by atoms with Crippen molar-refractivity contribution in [3.63, 3.8) is 0 Å². The topological polar surface area (TPSA) is 111 Å². The predicted molar refractivity (Wildman–Crippen MR) is 110 cm³/mol. The van der Waals surface area contributed by atoms with Crippen molar-refractivity contribution < 1.29 is 9.90 Å². The number of hydrogen-bond donors (Lipinski definition) is 2. The van der Waals surface area contributed by atoms with E-state index in [1.165, 1.54) is 5.69 Å². The summed E-state index contributed by atoms with van der Waals surface area (Å²) in [6.07, 6.45) is 3.57. The summed E-state index contributed by atoms with van der Waals surface area (Å²) in [6, 6.07) is 9.81. The lowest BCUT2D eigenvalue weighted by atomic mass is 9.95. The molecule has 0 radical (unpaired) electrons. The fraction of sp³-hybridized carbons (Fsp3) is 0.476. The molecule has 0 saturated carbocycles. The molecule has 1 aliphatic rings. The third-order valence-corrected chi connectivity index (χ3v) is 5.45. The number of benzene rings is 1. The van der Waals surface area contributed by atoms with E-state index in [1.54, 1.807) is 4.80 Å². The maximum atomic E-state index is 12.4. The minimum atomic E-state index is 0.0401. The molecule has 0 unspecified atom stereocenters. The fourth-order valence-electron chi connectivity index (χ4n) is 4.00. The summed E-state index contributed by atoms with van der Waals surface area (Å²) in [5.74, 6) is 1.56. The second-order valence-electron chi connectivity index (χ2n) is 7.61. The van der Waals surface area contributed by atoms with Crippen molar-refractivity contribution >= 4 is 5.91 Å². The molecule has 1 aromatic carbocycles. The Morgan fingerprint density at radius 3 is 2.90 bits per heavy atom. The number of amides is 1. The first-order valence-corrected chi connectivity index (χ1v) is 10.4. The van der Waals surface area contributed by atoms with Crippen LogP contribution in [0.5, 0.6) is 0 Å². The number of nitrogens with zero attached hydrogens (tertiary/aromatic N) is 6. The molecule has 0 bridgehead atoms. The summed E-state index contributed by atoms with van der Waals surface area (Å²) in [5, 5.41) is 24.9. The number of fused-ring (bicyclic) bond motifs is 1. The van der Waals surface area contributed by atoms with Gasteiger partial charge >= 0.3 is 0 Å². The zero-order valence-electron chi connectivity index (χ0n) is 17.2. The molecular weight excluding hydrogens is 382 g/mol. The zero-order chi connectivity index (χ0) is 20.9. The summed E-state index contributed by atoms with van der Waals surface area (Å²) in [7, 11) is 0. The maximum absolute atomic E-state index is 12.4. The van der Waals surface area contributed by atoms with Gasteiger partial charge in [-0.25, -0.2) is 4.98 Å². The van der Waals surface area contributed by atoms with Crippen LogP contribution in [0.15, 0.2) is 30.3 Å². The molecule has 0 saturated heterocycles. The van der Waals surface area contributed by atoms with Crippen LogP contribution in [0.2, 0.25) is 0 Å². The molecule has 158 valence electrons. The van der Waals surface area contributed by atoms with Crippen LogP contribution in [0.4, 0.5) is 0 Å². The number of aliphatic hydroxyl groups is 1. The summed E-state index contributed by atoms with van der Waals surface area (Å²) in [5.41, 5.74) is 3.16. The molecule has 2 aromatic heterocycles. The number of tetrazole rings is 1. The molecule has 0 aliphatic heterocycles. The van der Waals surface area contributed by atoms with Crippen LogP contribution in [0.1, 0.15) is 36.5 Å². The number of nitrogens with one attached hydrogen (secondary N) is 1. The van der Waals surface area contributed by atoms with Gasteiger partial charge in [0.2, 0.25) is 11.7 Å². The number of aliphatic hydroxyl groups excluding tert-OH is 1. The van der Waals surface area contributed by atoms with Gasteiger partial charge < -0.3 is 15.0 Å². The lowest BCUT2D eigenvalue weighted by Gasteiger charge is -2.23. The number of aromatic nitrogens is 6. The highest BCUT2D eigenvalue weighted by Crippen LogP contribution is 2.22. The molecule has 1 aliphatic carbocycles. The smallest absolute Gasteiger partial charge is 0.220 e. The maximum Gasteiger partial charge on any atom is 0.220 e. The molecule has 0 fully saturated rings. The lowest BCUT2D eigenvalue weighted by Crippen LogP contribution is -2.39. The molecule has 2 heterocycles. The van der Waals surface area contributed by atoms with Gasteiger partial charge in [-0.05, 0) is 31.4 Å². The first kappa shape index (κ1) is 20.2. The molecule has 3 aromatic rings. The van der Waals surface area contributed by atoms with Crippen LogP contribution in [0.25, 0.3) is 11.4 Å². The van der Waals surface area contributed by atoms with E-state index in [-0.39, 0.29) is 18.6 Å². The highest BCUT2D eigenvalue weighted by atomic mass is 16.3. The molecule has 0 spiro atoms. The SMILES string of the molecule is Cc1nc2c(n1CCO)CC[C@H](NC(=O)CCCn1nnc(-c3ccccc3)n1)C2. The van der Waals surface area contributed by atoms with Crippen LogP contribution in [0, 0.1) is 6.92 Å². The Morgan fingerprint density at radius 1 is 1.27 bits per heavy atom. The molecule has 9 heteroatoms. The molecule has 30 heavy (non-hydrogen) atoms. The number of carbonyl (C=O) groups excluding carboxylic acids is 1. The van der Waals surface area contributed by atoms with E-state index in [2.05, 4.69) is 30.3 Å². The van der Waals surface area contributed by atoms with Crippen LogP contribution < -0.4 is 5.32 Å². The minimum Gasteiger partial charge on any atom is -0.395 e. The predicted octanol–water partition coefficient (Wildman–Crippen LogP) is 1.29. The number of carbonyl (C=O) groups is 1. The Morgan fingerprint density at radius 2 is 2.10 bits per heavy atom. The molecule has 4 rings (SSSR count). The van der Waals surface area contributed by atoms with E-state index in [1.807, 2.05) is 37.3 Å². The second-order valence-corrected chi connectivity index (χ2v) is 7.61. The normalized spacial score (nSPS) is 15.7. The van der Waals surface area contributed by atoms with Crippen molar-refractivity contribution in [1.29, 1.82) is 0 Å². The Bertz CT molecular complexity index is 996. The van der Waals surface area contributed by atoms with Gasteiger partial charge in [0.25, 0.3) is 0 Å². The van der Waals surface area contributed by atoms with Crippen molar-refractivity contribution in [2.75, 3.05) is 6.61 Å². The Hall–Kier alpha value is -3.07. The number of imidazole rings is 1. The average molecular weight is 409 g/mol. The van der Waals surface area contributed by atoms with Crippen molar-refractivity contribution in [3.8, 4) is 11.4 Å². The molecule has 1 atom stereocenters. The van der Waals surface area contributed by atoms with Gasteiger partial charge in [0.15, 0.2) is 0 Å². The molecule has 2 N–H and O–H groups in total. The van der Waals surface area contributed by atoms with Crippen molar-refractivity contribution in [1.82, 2.24) is 35.1 Å². The summed E-state index contributed by atoms with van der Waals surface area (Å²) in [6.45, 7) is 3.19. The standard InChI is InChI=1S/C21H27N7O2/c1-15-22-18-14-17(9-10-19(18)27(15)12-13-29)23-20(30)8-5-11-28-25-21(24-26-28)16-6-3-2-4-7-16/h2-4,6-7,17,29H,5,8-14H2,1H3,(H,23,30)/t17-/m0/s1. The van der Waals surface area contributed by atoms with Gasteiger partial charge in [-0.2, -0.15) is 4.80 Å². The monoisotopic (exact) mass is 409 g/mol. The summed E-state index contributed by atoms with van der Waals surface area (Å²) in [4.78, 5) is 18.6. The Labute approximate surface area is 175 Å². The quantitative estimate of drug-likeness (QED) is 0.580. The highest BCUT2D eigenvalue weighted by molar-refractivity contribution is 5.76. The molecule has 1 amide bonds. The van der Waals surface area contributed by atoms with Gasteiger partial charge in [0.1, 0.15) is 5.82 Å². The fourth-order valence-corrected chi connectivity index (χ4v) is 4.00. The van der Waals surface area contributed by atoms with Crippen molar-refractivity contribution in [2.24, 2.45) is 0 Å². The third-order valence-electron chi connectivity index (χ3n) is 5.45. The Balaban J connectivity index is 1.24. The second kappa shape index (κ2) is 9.17. The van der Waals surface area contributed by atoms with Crippen LogP contribution >= 0.6 is 0 Å². The van der Waals surface area contributed by atoms with E-state index < -0.39 is 0 Å². The van der Waals surface area contributed by atoms with Gasteiger partial charge in [0.05, 0.1) is 18.8 Å². The highest BCUT2D eigenvalue weighted by Gasteiger charge is 2.25. The van der Waals surface area contributed by atoms with E-state index in [0.717, 1.165) is 36.3 Å². The number of hydrogen-bond acceptors (Lipinski definition) is 6. The van der Waals surface area contributed by atoms with Crippen molar-refractivity contribution in [3.05, 3.63) is 47.5 Å². The largest absolute Gasteiger partial charge is 0.395 e. The average Bonchev–Trinajstić information content (AvgIpc) is 3.33. The first-order valence-electron chi connectivity index (χ1n) is 10.4. The van der Waals surface area contributed by atoms with E-state index >= 15 is 0 Å². The van der Waals surface area contributed by atoms with E-state index in [4.69, 9.17) is 0 Å². The number of rotatable bonds is 8. The first-order chi connectivity index (χ1) is 14.6. The summed E-state index contributed by atoms with van der Waals surface area (Å²) >= 11 is 0. The Kier molecular flexibility index (Phi) is 6.18. The molecule has 9 nitrogen and oxygen atoms in total. The van der Waals surface area contributed by atoms with Crippen LogP contribution in [-0.4, -0.2) is 53.4 Å². The minimum absolute atomic E-state index is 0.0401. The van der Waals surface area contributed by atoms with Gasteiger partial charge in [-0.15, -0.1) is 10.2 Å². The van der Waals surface area contributed by atoms with Gasteiger partial charge in [-0.1, -0.05) is 30.3 Å². The van der Waals surface area contributed by atoms with Crippen LogP contribution in [0.3, 0.4) is 0 Å². The van der Waals surface area contributed by atoms with E-state index in [9.17, 15) is 9.90 Å². The molecular formula is C21H27N7O2. The van der Waals surface area contributed by atoms with Gasteiger partial charge in [0, 0.05) is 36.7 Å². The lowest BCUT2D eigenvalue weighted by molar-refractivity contribution is -0.122. The van der Waals surface area contributed by atoms with Crippen LogP contribution in [-0.2, 0) is 30.7 Å². The number of aryl methyl sites for hydroxylation is 2. The van der Waals surface area contributed by atoms with E-state index in [0.29, 0.717) is 31.8 Å². The third kappa shape index (κ3) is 4.56. The summed E-state index contributed by atoms with van der Waals surface area (Å²) < 4.78 is 2.09.